The zero-order valence-corrected chi connectivity index (χ0v) is 47.2. The van der Waals surface area contributed by atoms with Crippen LogP contribution in [0, 0.1) is 0 Å². The van der Waals surface area contributed by atoms with Gasteiger partial charge in [0.1, 0.15) is 28.8 Å². The standard InChI is InChI=1S/C25H24ClF3N4O5.C25H22ClF3N4O5.CH4O.B.Na.H/c2*1-3-17(34)11-12-32-22(35)20-21(31(2)24(32)36)30-23(33(20)14-15-7-9-16(26)10-8-15)37-18-5-4-6-19(13-18)38-25(27,28)29;1-2;;;/h4-10,13,17,34H,3,11-12,14H2,1-2H3;4-10,13H,3,11-12,14H2,1-2H3;2H,1H3;;;/q;;;;+1;-1. The van der Waals surface area contributed by atoms with E-state index in [4.69, 9.17) is 37.8 Å². The number of halogens is 8. The summed E-state index contributed by atoms with van der Waals surface area (Å²) in [7, 11) is 3.86. The van der Waals surface area contributed by atoms with Crippen LogP contribution in [-0.4, -0.2) is 87.7 Å². The quantitative estimate of drug-likeness (QED) is 0.0808. The average Bonchev–Trinajstić information content (AvgIpc) is 4.03. The number of hydrogen-bond donors (Lipinski definition) is 2. The van der Waals surface area contributed by atoms with Gasteiger partial charge in [0.2, 0.25) is 0 Å². The minimum atomic E-state index is -4.90. The third-order valence-corrected chi connectivity index (χ3v) is 12.1. The van der Waals surface area contributed by atoms with Gasteiger partial charge >= 0.3 is 65.7 Å². The van der Waals surface area contributed by atoms with Crippen molar-refractivity contribution in [3.8, 4) is 35.0 Å². The Morgan fingerprint density at radius 3 is 1.36 bits per heavy atom. The summed E-state index contributed by atoms with van der Waals surface area (Å²) in [5, 5.41) is 18.0. The van der Waals surface area contributed by atoms with E-state index in [1.807, 2.05) is 0 Å². The predicted octanol–water partition coefficient (Wildman–Crippen LogP) is 5.45. The number of aromatic nitrogens is 8. The number of aliphatic hydroxyl groups is 2. The monoisotopic (exact) mass is 1170 g/mol. The number of benzene rings is 4. The van der Waals surface area contributed by atoms with Crippen LogP contribution in [0.15, 0.2) is 116 Å². The first-order valence-electron chi connectivity index (χ1n) is 23.5. The van der Waals surface area contributed by atoms with Gasteiger partial charge < -0.3 is 30.6 Å². The first kappa shape index (κ1) is 65.7. The van der Waals surface area contributed by atoms with E-state index in [-0.39, 0.29) is 136 Å². The topological polar surface area (TPSA) is 218 Å². The van der Waals surface area contributed by atoms with Gasteiger partial charge in [-0.3, -0.25) is 41.8 Å². The molecular formula is C51H51BCl2F6N8NaO11. The summed E-state index contributed by atoms with van der Waals surface area (Å²) in [5.74, 6) is -1.20. The van der Waals surface area contributed by atoms with Crippen molar-refractivity contribution in [2.45, 2.75) is 84.5 Å². The Morgan fingerprint density at radius 2 is 1.00 bits per heavy atom. The molecule has 1 atom stereocenters. The maximum atomic E-state index is 13.5. The molecule has 421 valence electrons. The summed E-state index contributed by atoms with van der Waals surface area (Å²) < 4.78 is 103. The molecule has 1 unspecified atom stereocenters. The molecule has 0 saturated carbocycles. The molecule has 4 heterocycles. The number of hydrogen-bond acceptors (Lipinski definition) is 13. The van der Waals surface area contributed by atoms with Crippen molar-refractivity contribution >= 4 is 59.7 Å². The molecule has 2 N–H and O–H groups in total. The molecule has 0 amide bonds. The van der Waals surface area contributed by atoms with Crippen LogP contribution in [-0.2, 0) is 45.1 Å². The molecule has 4 aromatic carbocycles. The summed E-state index contributed by atoms with van der Waals surface area (Å²) in [4.78, 5) is 73.5. The Balaban J connectivity index is 0.000000398. The van der Waals surface area contributed by atoms with Gasteiger partial charge in [-0.1, -0.05) is 73.4 Å². The van der Waals surface area contributed by atoms with Crippen LogP contribution >= 0.6 is 23.2 Å². The molecule has 8 aromatic rings. The van der Waals surface area contributed by atoms with E-state index in [1.165, 1.54) is 52.1 Å². The minimum absolute atomic E-state index is 0. The Kier molecular flexibility index (Phi) is 23.5. The SMILES string of the molecule is CCC(=O)CCn1c(=O)c2c(nc(Oc3cccc(OC(F)(F)F)c3)n2Cc2ccc(Cl)cc2)n(C)c1=O.CCC(O)CCn1c(=O)c2c(nc(Oc3cccc(OC(F)(F)F)c3)n2Cc2ccc(Cl)cc2)n(C)c1=O.CO.[B].[H-].[Na+]. The second-order valence-electron chi connectivity index (χ2n) is 16.9. The first-order chi connectivity index (χ1) is 36.9. The maximum Gasteiger partial charge on any atom is 1.00 e. The van der Waals surface area contributed by atoms with Gasteiger partial charge in [0, 0.05) is 77.7 Å². The molecule has 0 aliphatic heterocycles. The number of ether oxygens (including phenoxy) is 4. The Morgan fingerprint density at radius 1 is 0.625 bits per heavy atom. The number of carbonyl (C=O) groups excluding carboxylic acids is 1. The van der Waals surface area contributed by atoms with Crippen molar-refractivity contribution in [2.75, 3.05) is 7.11 Å². The van der Waals surface area contributed by atoms with Gasteiger partial charge in [-0.05, 0) is 72.5 Å². The van der Waals surface area contributed by atoms with E-state index in [0.29, 0.717) is 27.6 Å². The van der Waals surface area contributed by atoms with Crippen LogP contribution in [0.25, 0.3) is 22.3 Å². The van der Waals surface area contributed by atoms with Crippen molar-refractivity contribution in [2.24, 2.45) is 14.1 Å². The molecule has 3 radical (unpaired) electrons. The van der Waals surface area contributed by atoms with E-state index in [2.05, 4.69) is 19.4 Å². The van der Waals surface area contributed by atoms with Gasteiger partial charge in [0.05, 0.1) is 19.2 Å². The fraction of sp³-hybridized carbons (Fsp3) is 0.314. The van der Waals surface area contributed by atoms with E-state index in [1.54, 1.807) is 62.4 Å². The van der Waals surface area contributed by atoms with Crippen LogP contribution < -0.4 is 71.0 Å². The molecule has 0 fully saturated rings. The molecule has 0 saturated heterocycles. The van der Waals surface area contributed by atoms with Crippen molar-refractivity contribution in [1.29, 1.82) is 0 Å². The number of alkyl halides is 6. The number of Topliss-reactive ketones (excluding diaryl/α,β-unsaturated/α-hetero) is 1. The van der Waals surface area contributed by atoms with Crippen LogP contribution in [0.5, 0.6) is 35.0 Å². The van der Waals surface area contributed by atoms with E-state index in [9.17, 15) is 55.4 Å². The van der Waals surface area contributed by atoms with Gasteiger partial charge in [-0.2, -0.15) is 9.97 Å². The van der Waals surface area contributed by atoms with E-state index >= 15 is 0 Å². The van der Waals surface area contributed by atoms with Crippen molar-refractivity contribution < 1.29 is 91.3 Å². The fourth-order valence-corrected chi connectivity index (χ4v) is 7.92. The first-order valence-corrected chi connectivity index (χ1v) is 24.3. The maximum absolute atomic E-state index is 13.5. The van der Waals surface area contributed by atoms with Gasteiger partial charge in [0.25, 0.3) is 11.1 Å². The van der Waals surface area contributed by atoms with Crippen molar-refractivity contribution in [3.63, 3.8) is 0 Å². The number of aryl methyl sites for hydroxylation is 2. The van der Waals surface area contributed by atoms with E-state index < -0.39 is 52.8 Å². The molecule has 0 aliphatic carbocycles. The van der Waals surface area contributed by atoms with Gasteiger partial charge in [0.15, 0.2) is 22.3 Å². The Labute approximate surface area is 486 Å². The molecule has 29 heteroatoms. The number of ketones is 1. The minimum Gasteiger partial charge on any atom is -1.00 e. The number of carbonyl (C=O) groups is 1. The number of aliphatic hydroxyl groups excluding tert-OH is 2. The molecule has 0 aliphatic rings. The van der Waals surface area contributed by atoms with Gasteiger partial charge in [-0.25, -0.2) is 9.59 Å². The molecule has 0 bridgehead atoms. The number of rotatable bonds is 18. The van der Waals surface area contributed by atoms with Crippen LogP contribution in [0.2, 0.25) is 10.0 Å². The zero-order chi connectivity index (χ0) is 57.2. The van der Waals surface area contributed by atoms with Crippen molar-refractivity contribution in [3.05, 3.63) is 160 Å². The number of imidazole rings is 2. The van der Waals surface area contributed by atoms with E-state index in [0.717, 1.165) is 45.1 Å². The number of fused-ring (bicyclic) bond motifs is 2. The smallest absolute Gasteiger partial charge is 1.00 e. The normalized spacial score (nSPS) is 11.6. The van der Waals surface area contributed by atoms with Gasteiger partial charge in [-0.15, -0.1) is 26.3 Å². The van der Waals surface area contributed by atoms with Crippen LogP contribution in [0.4, 0.5) is 26.3 Å². The summed E-state index contributed by atoms with van der Waals surface area (Å²) in [6.07, 6.45) is -9.57. The second kappa shape index (κ2) is 28.6. The molecule has 80 heavy (non-hydrogen) atoms. The zero-order valence-electron chi connectivity index (χ0n) is 44.7. The summed E-state index contributed by atoms with van der Waals surface area (Å²) in [5.41, 5.74) is -1.11. The fourth-order valence-electron chi connectivity index (χ4n) is 7.67. The Bertz CT molecular complexity index is 3670. The molecule has 8 rings (SSSR count). The molecule has 4 aromatic heterocycles. The average molecular weight is 1170 g/mol. The molecule has 19 nitrogen and oxygen atoms in total. The van der Waals surface area contributed by atoms with Crippen LogP contribution in [0.3, 0.4) is 0 Å². The molecular weight excluding hydrogens is 1120 g/mol. The summed E-state index contributed by atoms with van der Waals surface area (Å²) >= 11 is 12.0. The summed E-state index contributed by atoms with van der Waals surface area (Å²) in [6, 6.07) is 22.9. The predicted molar refractivity (Wildman–Crippen MR) is 282 cm³/mol. The van der Waals surface area contributed by atoms with Crippen LogP contribution in [0.1, 0.15) is 52.1 Å². The molecule has 0 spiro atoms. The second-order valence-corrected chi connectivity index (χ2v) is 17.8. The largest absolute Gasteiger partial charge is 1.00 e. The third-order valence-electron chi connectivity index (χ3n) is 11.6. The van der Waals surface area contributed by atoms with Crippen molar-refractivity contribution in [1.82, 2.24) is 37.4 Å². The summed E-state index contributed by atoms with van der Waals surface area (Å²) in [6.45, 7) is 3.47. The number of nitrogens with zero attached hydrogens (tertiary/aromatic N) is 8. The third kappa shape index (κ3) is 16.6. The Hall–Kier alpha value is -6.81.